The molecule has 2 rings (SSSR count). The first kappa shape index (κ1) is 15.8. The molecule has 1 aliphatic carbocycles. The van der Waals surface area contributed by atoms with Crippen LogP contribution in [-0.4, -0.2) is 6.10 Å². The van der Waals surface area contributed by atoms with Gasteiger partial charge in [-0.05, 0) is 42.7 Å². The van der Waals surface area contributed by atoms with Crippen molar-refractivity contribution in [3.8, 4) is 0 Å². The van der Waals surface area contributed by atoms with Gasteiger partial charge in [0.15, 0.2) is 0 Å². The van der Waals surface area contributed by atoms with Crippen LogP contribution in [0.4, 0.5) is 0 Å². The molecule has 0 aliphatic heterocycles. The highest BCUT2D eigenvalue weighted by Crippen LogP contribution is 2.45. The highest BCUT2D eigenvalue weighted by atomic mass is 31.2. The molecule has 0 radical (unpaired) electrons. The Labute approximate surface area is 122 Å². The van der Waals surface area contributed by atoms with Gasteiger partial charge in [0.05, 0.1) is 11.4 Å². The fourth-order valence-electron chi connectivity index (χ4n) is 3.13. The molecule has 0 aromatic heterocycles. The van der Waals surface area contributed by atoms with Crippen molar-refractivity contribution in [2.45, 2.75) is 46.1 Å². The predicted molar refractivity (Wildman–Crippen MR) is 84.1 cm³/mol. The monoisotopic (exact) mass is 295 g/mol. The van der Waals surface area contributed by atoms with Gasteiger partial charge in [0, 0.05) is 0 Å². The van der Waals surface area contributed by atoms with Crippen LogP contribution >= 0.6 is 7.52 Å². The largest absolute Gasteiger partial charge is 0.311 e. The van der Waals surface area contributed by atoms with Crippen molar-refractivity contribution in [2.75, 3.05) is 0 Å². The summed E-state index contributed by atoms with van der Waals surface area (Å²) in [6.45, 7) is 6.65. The first-order chi connectivity index (χ1) is 9.40. The topological polar surface area (TPSA) is 52.3 Å². The van der Waals surface area contributed by atoms with Crippen LogP contribution in [0.3, 0.4) is 0 Å². The summed E-state index contributed by atoms with van der Waals surface area (Å²) in [5, 5.41) is 0.612. The minimum Gasteiger partial charge on any atom is -0.311 e. The summed E-state index contributed by atoms with van der Waals surface area (Å²) in [4.78, 5) is 0. The van der Waals surface area contributed by atoms with Gasteiger partial charge in [-0.25, -0.2) is 0 Å². The van der Waals surface area contributed by atoms with E-state index in [1.165, 1.54) is 6.42 Å². The fourth-order valence-corrected chi connectivity index (χ4v) is 4.49. The Kier molecular flexibility index (Phi) is 5.06. The quantitative estimate of drug-likeness (QED) is 0.856. The van der Waals surface area contributed by atoms with E-state index in [2.05, 4.69) is 20.8 Å². The molecule has 112 valence electrons. The lowest BCUT2D eigenvalue weighted by atomic mass is 9.75. The van der Waals surface area contributed by atoms with E-state index in [-0.39, 0.29) is 6.10 Å². The molecule has 1 fully saturated rings. The summed E-state index contributed by atoms with van der Waals surface area (Å²) in [6.07, 6.45) is 3.33. The minimum atomic E-state index is -3.22. The predicted octanol–water partition coefficient (Wildman–Crippen LogP) is 3.94. The van der Waals surface area contributed by atoms with Crippen LogP contribution in [0.25, 0.3) is 0 Å². The average molecular weight is 295 g/mol. The molecule has 3 nitrogen and oxygen atoms in total. The van der Waals surface area contributed by atoms with Crippen LogP contribution in [0.15, 0.2) is 30.3 Å². The molecule has 0 spiro atoms. The highest BCUT2D eigenvalue weighted by Gasteiger charge is 2.36. The Bertz CT molecular complexity index is 475. The Balaban J connectivity index is 2.15. The van der Waals surface area contributed by atoms with E-state index >= 15 is 0 Å². The zero-order valence-corrected chi connectivity index (χ0v) is 13.6. The Morgan fingerprint density at radius 2 is 1.90 bits per heavy atom. The Morgan fingerprint density at radius 1 is 1.25 bits per heavy atom. The highest BCUT2D eigenvalue weighted by molar-refractivity contribution is 7.64. The van der Waals surface area contributed by atoms with Crippen molar-refractivity contribution in [1.82, 2.24) is 0 Å². The van der Waals surface area contributed by atoms with Crippen molar-refractivity contribution in [2.24, 2.45) is 23.3 Å². The number of benzene rings is 1. The summed E-state index contributed by atoms with van der Waals surface area (Å²) in [5.41, 5.74) is 6.01. The molecule has 0 bridgehead atoms. The van der Waals surface area contributed by atoms with Gasteiger partial charge in [-0.2, -0.15) is 0 Å². The second-order valence-electron chi connectivity index (χ2n) is 6.40. The van der Waals surface area contributed by atoms with Gasteiger partial charge < -0.3 is 4.52 Å². The summed E-state index contributed by atoms with van der Waals surface area (Å²) in [5.74, 6) is 1.60. The van der Waals surface area contributed by atoms with Crippen LogP contribution in [0.5, 0.6) is 0 Å². The van der Waals surface area contributed by atoms with Crippen molar-refractivity contribution in [3.05, 3.63) is 30.3 Å². The first-order valence-electron chi connectivity index (χ1n) is 7.53. The first-order valence-corrected chi connectivity index (χ1v) is 9.22. The second-order valence-corrected chi connectivity index (χ2v) is 8.32. The number of nitrogens with two attached hydrogens (primary N) is 1. The maximum absolute atomic E-state index is 12.7. The molecule has 0 saturated heterocycles. The molecular weight excluding hydrogens is 269 g/mol. The van der Waals surface area contributed by atoms with Crippen molar-refractivity contribution >= 4 is 12.8 Å². The lowest BCUT2D eigenvalue weighted by Crippen LogP contribution is -2.35. The second kappa shape index (κ2) is 6.43. The van der Waals surface area contributed by atoms with Crippen molar-refractivity contribution < 1.29 is 9.09 Å². The summed E-state index contributed by atoms with van der Waals surface area (Å²) in [7, 11) is -3.22. The Hall–Kier alpha value is -0.630. The molecule has 1 aromatic rings. The van der Waals surface area contributed by atoms with Crippen LogP contribution in [0, 0.1) is 17.8 Å². The number of hydrogen-bond acceptors (Lipinski definition) is 2. The average Bonchev–Trinajstić information content (AvgIpc) is 2.39. The molecule has 1 aromatic carbocycles. The molecule has 20 heavy (non-hydrogen) atoms. The van der Waals surface area contributed by atoms with Crippen LogP contribution in [-0.2, 0) is 9.09 Å². The van der Waals surface area contributed by atoms with Gasteiger partial charge in [-0.15, -0.1) is 0 Å². The lowest BCUT2D eigenvalue weighted by molar-refractivity contribution is 0.0498. The maximum Gasteiger partial charge on any atom is 0.297 e. The van der Waals surface area contributed by atoms with Crippen LogP contribution < -0.4 is 10.8 Å². The molecule has 4 atom stereocenters. The standard InChI is InChI=1S/C16H26NO2P/c1-12(2)15-10-9-13(3)11-16(15)19-20(17,18)14-7-5-4-6-8-14/h4-8,12-13,15-16H,9-11H2,1-3H3,(H2,17,18)/t13-,15-,16+,20-/m1/s1. The van der Waals surface area contributed by atoms with Gasteiger partial charge >= 0.3 is 0 Å². The van der Waals surface area contributed by atoms with Gasteiger partial charge in [0.2, 0.25) is 0 Å². The minimum absolute atomic E-state index is 0.00906. The van der Waals surface area contributed by atoms with Gasteiger partial charge in [-0.1, -0.05) is 45.4 Å². The third-order valence-corrected chi connectivity index (χ3v) is 5.97. The molecule has 0 amide bonds. The summed E-state index contributed by atoms with van der Waals surface area (Å²) < 4.78 is 18.7. The van der Waals surface area contributed by atoms with E-state index in [0.29, 0.717) is 23.1 Å². The van der Waals surface area contributed by atoms with Crippen molar-refractivity contribution in [1.29, 1.82) is 0 Å². The molecule has 4 heteroatoms. The van der Waals surface area contributed by atoms with Gasteiger partial charge in [-0.3, -0.25) is 10.1 Å². The van der Waals surface area contributed by atoms with E-state index in [1.807, 2.05) is 18.2 Å². The molecule has 1 saturated carbocycles. The molecule has 1 aliphatic rings. The number of rotatable bonds is 4. The lowest BCUT2D eigenvalue weighted by Gasteiger charge is -2.38. The van der Waals surface area contributed by atoms with E-state index in [0.717, 1.165) is 12.8 Å². The Morgan fingerprint density at radius 3 is 2.50 bits per heavy atom. The normalized spacial score (nSPS) is 30.1. The molecule has 2 N–H and O–H groups in total. The molecular formula is C16H26NO2P. The van der Waals surface area contributed by atoms with Gasteiger partial charge in [0.1, 0.15) is 0 Å². The van der Waals surface area contributed by atoms with Gasteiger partial charge in [0.25, 0.3) is 7.52 Å². The maximum atomic E-state index is 12.7. The SMILES string of the molecule is CC(C)[C@H]1CC[C@@H](C)C[C@@H]1O[P@](N)(=O)c1ccccc1. The van der Waals surface area contributed by atoms with E-state index in [9.17, 15) is 4.57 Å². The van der Waals surface area contributed by atoms with E-state index in [4.69, 9.17) is 10.0 Å². The van der Waals surface area contributed by atoms with Crippen LogP contribution in [0.2, 0.25) is 0 Å². The van der Waals surface area contributed by atoms with Crippen molar-refractivity contribution in [3.63, 3.8) is 0 Å². The summed E-state index contributed by atoms with van der Waals surface area (Å²) >= 11 is 0. The zero-order valence-electron chi connectivity index (χ0n) is 12.7. The number of hydrogen-bond donors (Lipinski definition) is 1. The third kappa shape index (κ3) is 3.72. The summed E-state index contributed by atoms with van der Waals surface area (Å²) in [6, 6.07) is 9.17. The fraction of sp³-hybridized carbons (Fsp3) is 0.625. The van der Waals surface area contributed by atoms with Crippen LogP contribution in [0.1, 0.15) is 40.0 Å². The van der Waals surface area contributed by atoms with E-state index in [1.54, 1.807) is 12.1 Å². The molecule has 0 unspecified atom stereocenters. The molecule has 0 heterocycles. The van der Waals surface area contributed by atoms with E-state index < -0.39 is 7.52 Å². The third-order valence-electron chi connectivity index (χ3n) is 4.37. The smallest absolute Gasteiger partial charge is 0.297 e. The zero-order chi connectivity index (χ0) is 14.8.